The third-order valence-electron chi connectivity index (χ3n) is 1.95. The van der Waals surface area contributed by atoms with Gasteiger partial charge in [0.2, 0.25) is 0 Å². The molecule has 0 aromatic heterocycles. The lowest BCUT2D eigenvalue weighted by Gasteiger charge is -2.28. The summed E-state index contributed by atoms with van der Waals surface area (Å²) in [6.45, 7) is 10.3. The van der Waals surface area contributed by atoms with Gasteiger partial charge in [-0.15, -0.1) is 0 Å². The van der Waals surface area contributed by atoms with E-state index in [2.05, 4.69) is 20.8 Å². The first-order valence-electron chi connectivity index (χ1n) is 5.20. The molecule has 0 rings (SSSR count). The van der Waals surface area contributed by atoms with Crippen LogP contribution in [0.25, 0.3) is 0 Å². The molecule has 0 radical (unpaired) electrons. The first-order chi connectivity index (χ1) is 6.91. The highest BCUT2D eigenvalue weighted by molar-refractivity contribution is 7.33. The van der Waals surface area contributed by atoms with Crippen molar-refractivity contribution in [2.24, 2.45) is 0 Å². The Morgan fingerprint density at radius 3 is 2.33 bits per heavy atom. The SMILES string of the molecule is COC(C)POC(C)(C)BC(C)OPC. The quantitative estimate of drug-likeness (QED) is 0.490. The summed E-state index contributed by atoms with van der Waals surface area (Å²) in [4.78, 5) is 0. The van der Waals surface area contributed by atoms with Crippen LogP contribution in [0.5, 0.6) is 0 Å². The van der Waals surface area contributed by atoms with E-state index in [0.717, 1.165) is 7.28 Å². The molecule has 0 aromatic rings. The lowest BCUT2D eigenvalue weighted by Crippen LogP contribution is -2.37. The van der Waals surface area contributed by atoms with Crippen molar-refractivity contribution in [3.05, 3.63) is 0 Å². The Hall–Kier alpha value is 0.805. The molecule has 0 fully saturated rings. The van der Waals surface area contributed by atoms with Gasteiger partial charge in [-0.2, -0.15) is 0 Å². The van der Waals surface area contributed by atoms with Crippen molar-refractivity contribution in [3.8, 4) is 0 Å². The Bertz CT molecular complexity index is 169. The fourth-order valence-electron chi connectivity index (χ4n) is 1.27. The summed E-state index contributed by atoms with van der Waals surface area (Å²) < 4.78 is 16.5. The predicted molar refractivity (Wildman–Crippen MR) is 71.9 cm³/mol. The average molecular weight is 252 g/mol. The number of hydrogen-bond acceptors (Lipinski definition) is 3. The van der Waals surface area contributed by atoms with Crippen molar-refractivity contribution in [2.45, 2.75) is 45.0 Å². The molecule has 0 N–H and O–H groups in total. The van der Waals surface area contributed by atoms with E-state index in [9.17, 15) is 0 Å². The number of methoxy groups -OCH3 is 1. The second kappa shape index (κ2) is 7.98. The van der Waals surface area contributed by atoms with Crippen LogP contribution in [-0.2, 0) is 13.8 Å². The van der Waals surface area contributed by atoms with Crippen LogP contribution >= 0.6 is 17.6 Å². The van der Waals surface area contributed by atoms with E-state index in [1.807, 2.05) is 13.6 Å². The zero-order valence-electron chi connectivity index (χ0n) is 10.6. The minimum atomic E-state index is -0.135. The fourth-order valence-corrected chi connectivity index (χ4v) is 2.42. The third-order valence-corrected chi connectivity index (χ3v) is 3.83. The van der Waals surface area contributed by atoms with Crippen LogP contribution in [0.1, 0.15) is 27.7 Å². The van der Waals surface area contributed by atoms with Crippen LogP contribution in [0.4, 0.5) is 0 Å². The van der Waals surface area contributed by atoms with E-state index in [4.69, 9.17) is 13.8 Å². The second-order valence-corrected chi connectivity index (χ2v) is 6.09. The summed E-state index contributed by atoms with van der Waals surface area (Å²) in [5.41, 5.74) is -0.135. The molecule has 0 aliphatic heterocycles. The third kappa shape index (κ3) is 8.60. The molecule has 0 aromatic carbocycles. The lowest BCUT2D eigenvalue weighted by atomic mass is 9.58. The molecule has 3 nitrogen and oxygen atoms in total. The van der Waals surface area contributed by atoms with Crippen molar-refractivity contribution in [1.82, 2.24) is 0 Å². The Labute approximate surface area is 98.0 Å². The van der Waals surface area contributed by atoms with Crippen molar-refractivity contribution < 1.29 is 13.8 Å². The van der Waals surface area contributed by atoms with Crippen LogP contribution in [0.3, 0.4) is 0 Å². The van der Waals surface area contributed by atoms with Gasteiger partial charge in [-0.05, 0) is 34.4 Å². The normalized spacial score (nSPS) is 17.7. The van der Waals surface area contributed by atoms with Gasteiger partial charge in [0, 0.05) is 36.2 Å². The highest BCUT2D eigenvalue weighted by Crippen LogP contribution is 2.28. The molecule has 0 saturated carbocycles. The molecule has 0 aliphatic rings. The molecule has 15 heavy (non-hydrogen) atoms. The predicted octanol–water partition coefficient (Wildman–Crippen LogP) is 2.35. The van der Waals surface area contributed by atoms with Crippen LogP contribution in [0, 0.1) is 0 Å². The lowest BCUT2D eigenvalue weighted by molar-refractivity contribution is 0.153. The van der Waals surface area contributed by atoms with E-state index in [-0.39, 0.29) is 17.3 Å². The van der Waals surface area contributed by atoms with Gasteiger partial charge in [-0.25, -0.2) is 0 Å². The van der Waals surface area contributed by atoms with E-state index < -0.39 is 0 Å². The molecule has 0 heterocycles. The zero-order chi connectivity index (χ0) is 11.9. The van der Waals surface area contributed by atoms with Crippen LogP contribution in [0.15, 0.2) is 0 Å². The molecule has 4 atom stereocenters. The highest BCUT2D eigenvalue weighted by atomic mass is 31.1. The van der Waals surface area contributed by atoms with Gasteiger partial charge in [0.15, 0.2) is 7.28 Å². The van der Waals surface area contributed by atoms with E-state index in [1.165, 1.54) is 0 Å². The Morgan fingerprint density at radius 2 is 1.87 bits per heavy atom. The molecule has 0 saturated heterocycles. The second-order valence-electron chi connectivity index (χ2n) is 4.19. The molecule has 0 amide bonds. The van der Waals surface area contributed by atoms with E-state index in [1.54, 1.807) is 7.11 Å². The van der Waals surface area contributed by atoms with Crippen molar-refractivity contribution in [2.75, 3.05) is 13.8 Å². The molecule has 6 heteroatoms. The van der Waals surface area contributed by atoms with Crippen molar-refractivity contribution in [3.63, 3.8) is 0 Å². The number of ether oxygens (including phenoxy) is 1. The summed E-state index contributed by atoms with van der Waals surface area (Å²) in [7, 11) is 3.55. The molecule has 90 valence electrons. The van der Waals surface area contributed by atoms with Gasteiger partial charge in [0.05, 0.1) is 5.85 Å². The van der Waals surface area contributed by atoms with Crippen LogP contribution in [-0.4, -0.2) is 38.4 Å². The fraction of sp³-hybridized carbons (Fsp3) is 1.00. The van der Waals surface area contributed by atoms with Crippen LogP contribution < -0.4 is 0 Å². The van der Waals surface area contributed by atoms with E-state index in [0.29, 0.717) is 17.6 Å². The Kier molecular flexibility index (Phi) is 8.41. The standard InChI is InChI=1S/C9H23BO3P2/c1-7(12-14-6)10-9(3,4)13-15-8(2)11-5/h7-8,10,14-15H,1-6H3. The minimum Gasteiger partial charge on any atom is -0.375 e. The average Bonchev–Trinajstić information content (AvgIpc) is 2.13. The topological polar surface area (TPSA) is 27.7 Å². The maximum absolute atomic E-state index is 5.82. The smallest absolute Gasteiger partial charge is 0.197 e. The van der Waals surface area contributed by atoms with Gasteiger partial charge in [-0.3, -0.25) is 0 Å². The van der Waals surface area contributed by atoms with Crippen molar-refractivity contribution in [1.29, 1.82) is 0 Å². The highest BCUT2D eigenvalue weighted by Gasteiger charge is 2.25. The monoisotopic (exact) mass is 252 g/mol. The molecule has 0 aliphatic carbocycles. The first-order valence-corrected chi connectivity index (χ1v) is 7.59. The summed E-state index contributed by atoms with van der Waals surface area (Å²) in [5.74, 6) is 0.175. The summed E-state index contributed by atoms with van der Waals surface area (Å²) >= 11 is 0. The summed E-state index contributed by atoms with van der Waals surface area (Å²) in [6.07, 6.45) is 0. The maximum Gasteiger partial charge on any atom is 0.197 e. The minimum absolute atomic E-state index is 0.135. The Balaban J connectivity index is 3.84. The Morgan fingerprint density at radius 1 is 1.27 bits per heavy atom. The van der Waals surface area contributed by atoms with Gasteiger partial charge in [0.25, 0.3) is 0 Å². The van der Waals surface area contributed by atoms with Gasteiger partial charge in [-0.1, -0.05) is 0 Å². The summed E-state index contributed by atoms with van der Waals surface area (Å²) in [6, 6.07) is 0.256. The van der Waals surface area contributed by atoms with Gasteiger partial charge >= 0.3 is 0 Å². The van der Waals surface area contributed by atoms with Gasteiger partial charge in [0.1, 0.15) is 0 Å². The number of rotatable bonds is 8. The molecular weight excluding hydrogens is 229 g/mol. The van der Waals surface area contributed by atoms with Crippen LogP contribution in [0.2, 0.25) is 0 Å². The first kappa shape index (κ1) is 15.8. The largest absolute Gasteiger partial charge is 0.375 e. The molecular formula is C9H23BO3P2. The van der Waals surface area contributed by atoms with Crippen molar-refractivity contribution >= 4 is 24.9 Å². The molecule has 0 spiro atoms. The van der Waals surface area contributed by atoms with E-state index >= 15 is 0 Å². The zero-order valence-corrected chi connectivity index (χ0v) is 12.6. The summed E-state index contributed by atoms with van der Waals surface area (Å²) in [5, 5.41) is 0. The maximum atomic E-state index is 5.82. The number of hydrogen-bond donors (Lipinski definition) is 0. The molecule has 0 bridgehead atoms. The van der Waals surface area contributed by atoms with Gasteiger partial charge < -0.3 is 13.8 Å². The molecule has 4 unspecified atom stereocenters.